The lowest BCUT2D eigenvalue weighted by Gasteiger charge is -2.28. The molecule has 2 aromatic rings. The summed E-state index contributed by atoms with van der Waals surface area (Å²) in [5.41, 5.74) is 18.2. The molecule has 0 fully saturated rings. The van der Waals surface area contributed by atoms with Crippen LogP contribution >= 0.6 is 0 Å². The van der Waals surface area contributed by atoms with Gasteiger partial charge in [-0.25, -0.2) is 0 Å². The van der Waals surface area contributed by atoms with Crippen molar-refractivity contribution in [1.82, 2.24) is 0 Å². The molecule has 0 amide bonds. The first-order chi connectivity index (χ1) is 13.4. The molecule has 2 rings (SSSR count). The lowest BCUT2D eigenvalue weighted by Crippen LogP contribution is -2.17. The summed E-state index contributed by atoms with van der Waals surface area (Å²) < 4.78 is 0. The Kier molecular flexibility index (Phi) is 7.85. The van der Waals surface area contributed by atoms with E-state index in [-0.39, 0.29) is 10.8 Å². The van der Waals surface area contributed by atoms with E-state index in [2.05, 4.69) is 111 Å². The van der Waals surface area contributed by atoms with Crippen LogP contribution in [0.2, 0.25) is 0 Å². The summed E-state index contributed by atoms with van der Waals surface area (Å²) in [4.78, 5) is 0. The highest BCUT2D eigenvalue weighted by atomic mass is 14.3. The molecule has 0 spiro atoms. The Bertz CT molecular complexity index is 800. The van der Waals surface area contributed by atoms with E-state index in [0.717, 1.165) is 0 Å². The molecule has 0 bridgehead atoms. The predicted molar refractivity (Wildman–Crippen MR) is 138 cm³/mol. The minimum Gasteiger partial charge on any atom is -0.0561 e. The normalized spacial score (nSPS) is 12.0. The largest absolute Gasteiger partial charge is 0.0561 e. The predicted octanol–water partition coefficient (Wildman–Crippen LogP) is 9.05. The minimum absolute atomic E-state index is 0.247. The Balaban J connectivity index is 0.000000300. The Morgan fingerprint density at radius 2 is 0.400 bits per heavy atom. The first kappa shape index (κ1) is 26.5. The molecule has 0 heterocycles. The van der Waals surface area contributed by atoms with Crippen LogP contribution in [0.15, 0.2) is 0 Å². The molecule has 0 aliphatic carbocycles. The van der Waals surface area contributed by atoms with Crippen LogP contribution in [-0.4, -0.2) is 0 Å². The first-order valence-electron chi connectivity index (χ1n) is 11.5. The highest BCUT2D eigenvalue weighted by molar-refractivity contribution is 5.52. The van der Waals surface area contributed by atoms with Crippen LogP contribution in [0, 0.1) is 69.2 Å². The molecule has 0 unspecified atom stereocenters. The summed E-state index contributed by atoms with van der Waals surface area (Å²) in [6.45, 7) is 36.3. The van der Waals surface area contributed by atoms with Crippen molar-refractivity contribution < 1.29 is 0 Å². The van der Waals surface area contributed by atoms with Crippen molar-refractivity contribution >= 4 is 0 Å². The lowest BCUT2D eigenvalue weighted by atomic mass is 9.77. The smallest absolute Gasteiger partial charge is 0.0126 e. The maximum absolute atomic E-state index is 2.30. The van der Waals surface area contributed by atoms with Gasteiger partial charge in [-0.1, -0.05) is 41.5 Å². The molecule has 2 aromatic carbocycles. The number of benzene rings is 2. The van der Waals surface area contributed by atoms with E-state index < -0.39 is 0 Å². The van der Waals surface area contributed by atoms with Crippen molar-refractivity contribution in [3.8, 4) is 0 Å². The van der Waals surface area contributed by atoms with E-state index in [0.29, 0.717) is 0 Å². The highest BCUT2D eigenvalue weighted by Crippen LogP contribution is 2.35. The maximum atomic E-state index is 2.30. The average Bonchev–Trinajstić information content (AvgIpc) is 2.60. The molecule has 0 aliphatic rings. The third-order valence-corrected chi connectivity index (χ3v) is 7.50. The molecule has 0 saturated heterocycles. The Morgan fingerprint density at radius 1 is 0.267 bits per heavy atom. The summed E-state index contributed by atoms with van der Waals surface area (Å²) in [6, 6.07) is 0. The Hall–Kier alpha value is -1.56. The zero-order valence-electron chi connectivity index (χ0n) is 23.0. The van der Waals surface area contributed by atoms with Gasteiger partial charge in [-0.3, -0.25) is 0 Å². The van der Waals surface area contributed by atoms with Crippen LogP contribution in [0.5, 0.6) is 0 Å². The van der Waals surface area contributed by atoms with Crippen molar-refractivity contribution in [2.75, 3.05) is 0 Å². The lowest BCUT2D eigenvalue weighted by molar-refractivity contribution is 0.579. The topological polar surface area (TPSA) is 0 Å². The van der Waals surface area contributed by atoms with Gasteiger partial charge in [-0.2, -0.15) is 0 Å². The average molecular weight is 409 g/mol. The zero-order chi connectivity index (χ0) is 23.9. The molecule has 168 valence electrons. The van der Waals surface area contributed by atoms with Crippen molar-refractivity contribution in [3.63, 3.8) is 0 Å². The second-order valence-corrected chi connectivity index (χ2v) is 11.5. The zero-order valence-corrected chi connectivity index (χ0v) is 23.0. The molecule has 30 heavy (non-hydrogen) atoms. The molecule has 0 atom stereocenters. The van der Waals surface area contributed by atoms with Gasteiger partial charge in [0, 0.05) is 0 Å². The van der Waals surface area contributed by atoms with Crippen LogP contribution in [-0.2, 0) is 10.8 Å². The molecule has 0 aliphatic heterocycles. The first-order valence-corrected chi connectivity index (χ1v) is 11.5. The van der Waals surface area contributed by atoms with E-state index in [9.17, 15) is 0 Å². The van der Waals surface area contributed by atoms with Gasteiger partial charge >= 0.3 is 0 Å². The molecule has 0 aromatic heterocycles. The fourth-order valence-corrected chi connectivity index (χ4v) is 5.25. The summed E-state index contributed by atoms with van der Waals surface area (Å²) in [5, 5.41) is 0. The van der Waals surface area contributed by atoms with Crippen molar-refractivity contribution in [1.29, 1.82) is 0 Å². The van der Waals surface area contributed by atoms with E-state index in [1.165, 1.54) is 66.8 Å². The molecule has 0 saturated carbocycles. The van der Waals surface area contributed by atoms with Gasteiger partial charge in [0.1, 0.15) is 0 Å². The second-order valence-electron chi connectivity index (χ2n) is 11.5. The minimum atomic E-state index is 0.247. The van der Waals surface area contributed by atoms with Gasteiger partial charge < -0.3 is 0 Å². The van der Waals surface area contributed by atoms with E-state index in [1.807, 2.05) is 0 Å². The van der Waals surface area contributed by atoms with Crippen LogP contribution < -0.4 is 0 Å². The third-order valence-electron chi connectivity index (χ3n) is 7.50. The third kappa shape index (κ3) is 5.01. The van der Waals surface area contributed by atoms with Crippen LogP contribution in [0.4, 0.5) is 0 Å². The summed E-state index contributed by atoms with van der Waals surface area (Å²) >= 11 is 0. The van der Waals surface area contributed by atoms with E-state index in [4.69, 9.17) is 0 Å². The number of rotatable bonds is 0. The van der Waals surface area contributed by atoms with Gasteiger partial charge in [0.15, 0.2) is 0 Å². The monoisotopic (exact) mass is 408 g/mol. The molecular formula is C30H48. The van der Waals surface area contributed by atoms with Gasteiger partial charge in [0.25, 0.3) is 0 Å². The molecular weight excluding hydrogens is 360 g/mol. The SMILES string of the molecule is Cc1c(C)c(C)c(C(C)(C)C)c(C)c1C.Cc1c(C)c(C)c(C(C)(C)C)c(C)c1C. The van der Waals surface area contributed by atoms with E-state index in [1.54, 1.807) is 0 Å². The van der Waals surface area contributed by atoms with Crippen molar-refractivity contribution in [2.45, 2.75) is 122 Å². The fourth-order valence-electron chi connectivity index (χ4n) is 5.25. The van der Waals surface area contributed by atoms with Gasteiger partial charge in [-0.05, 0) is 147 Å². The van der Waals surface area contributed by atoms with Crippen molar-refractivity contribution in [3.05, 3.63) is 66.8 Å². The number of hydrogen-bond donors (Lipinski definition) is 0. The molecule has 0 radical (unpaired) electrons. The standard InChI is InChI=1S/2C15H24/c2*1-9-10(2)12(4)14(15(6,7)8)13(5)11(9)3/h2*1-8H3. The van der Waals surface area contributed by atoms with Crippen LogP contribution in [0.1, 0.15) is 108 Å². The van der Waals surface area contributed by atoms with Gasteiger partial charge in [-0.15, -0.1) is 0 Å². The second kappa shape index (κ2) is 8.89. The van der Waals surface area contributed by atoms with Gasteiger partial charge in [0.2, 0.25) is 0 Å². The maximum Gasteiger partial charge on any atom is -0.0126 e. The molecule has 0 heteroatoms. The van der Waals surface area contributed by atoms with Gasteiger partial charge in [0.05, 0.1) is 0 Å². The highest BCUT2D eigenvalue weighted by Gasteiger charge is 2.23. The molecule has 0 nitrogen and oxygen atoms in total. The Labute approximate surface area is 188 Å². The summed E-state index contributed by atoms with van der Waals surface area (Å²) in [7, 11) is 0. The van der Waals surface area contributed by atoms with Crippen LogP contribution in [0.25, 0.3) is 0 Å². The van der Waals surface area contributed by atoms with Crippen molar-refractivity contribution in [2.24, 2.45) is 0 Å². The fraction of sp³-hybridized carbons (Fsp3) is 0.600. The quantitative estimate of drug-likeness (QED) is 0.408. The summed E-state index contributed by atoms with van der Waals surface area (Å²) in [6.07, 6.45) is 0. The molecule has 0 N–H and O–H groups in total. The van der Waals surface area contributed by atoms with E-state index >= 15 is 0 Å². The van der Waals surface area contributed by atoms with Crippen LogP contribution in [0.3, 0.4) is 0 Å². The Morgan fingerprint density at radius 3 is 0.533 bits per heavy atom. The number of hydrogen-bond acceptors (Lipinski definition) is 0. The summed E-state index contributed by atoms with van der Waals surface area (Å²) in [5.74, 6) is 0.